The van der Waals surface area contributed by atoms with Crippen LogP contribution in [0.2, 0.25) is 0 Å². The number of nitrogens with two attached hydrogens (primary N) is 1. The largest absolute Gasteiger partial charge is 0.409 e. The number of benzene rings is 1. The predicted molar refractivity (Wildman–Crippen MR) is 76.1 cm³/mol. The lowest BCUT2D eigenvalue weighted by atomic mass is 10.1. The number of oxime groups is 1. The average molecular weight is 278 g/mol. The Bertz CT molecular complexity index is 559. The fourth-order valence-corrected chi connectivity index (χ4v) is 2.33. The van der Waals surface area contributed by atoms with Gasteiger partial charge in [-0.05, 0) is 24.3 Å². The number of hydrogen-bond acceptors (Lipinski definition) is 5. The van der Waals surface area contributed by atoms with E-state index in [1.54, 1.807) is 6.07 Å². The van der Waals surface area contributed by atoms with Crippen LogP contribution in [0.3, 0.4) is 0 Å². The molecule has 3 N–H and O–H groups in total. The Morgan fingerprint density at radius 3 is 2.80 bits per heavy atom. The minimum Gasteiger partial charge on any atom is -0.409 e. The van der Waals surface area contributed by atoms with Gasteiger partial charge in [0.05, 0.1) is 10.5 Å². The standard InChI is InChI=1S/C13H18N4O3/c1-8-5-9(8)7-16(2)12-4-3-10(17(19)20)6-11(12)13(14)15-18/h3-4,6,8-9,18H,5,7H2,1-2H3,(H2,14,15). The van der Waals surface area contributed by atoms with Crippen molar-refractivity contribution in [1.29, 1.82) is 0 Å². The first-order valence-corrected chi connectivity index (χ1v) is 6.41. The minimum absolute atomic E-state index is 0.0801. The lowest BCUT2D eigenvalue weighted by molar-refractivity contribution is -0.384. The average Bonchev–Trinajstić information content (AvgIpc) is 3.12. The molecule has 2 unspecified atom stereocenters. The Labute approximate surface area is 116 Å². The molecule has 0 aromatic heterocycles. The Kier molecular flexibility index (Phi) is 3.78. The van der Waals surface area contributed by atoms with Gasteiger partial charge >= 0.3 is 0 Å². The van der Waals surface area contributed by atoms with Crippen molar-refractivity contribution in [2.24, 2.45) is 22.7 Å². The molecule has 1 saturated carbocycles. The van der Waals surface area contributed by atoms with Crippen LogP contribution in [-0.4, -0.2) is 29.6 Å². The van der Waals surface area contributed by atoms with Crippen molar-refractivity contribution in [3.05, 3.63) is 33.9 Å². The van der Waals surface area contributed by atoms with Gasteiger partial charge < -0.3 is 15.8 Å². The molecule has 7 heteroatoms. The van der Waals surface area contributed by atoms with Crippen molar-refractivity contribution < 1.29 is 10.1 Å². The number of nitro benzene ring substituents is 1. The van der Waals surface area contributed by atoms with Crippen molar-refractivity contribution in [3.8, 4) is 0 Å². The SMILES string of the molecule is CC1CC1CN(C)c1ccc([N+](=O)[O-])cc1C(N)=NO. The fraction of sp³-hybridized carbons (Fsp3) is 0.462. The van der Waals surface area contributed by atoms with E-state index in [1.165, 1.54) is 18.6 Å². The molecule has 20 heavy (non-hydrogen) atoms. The van der Waals surface area contributed by atoms with Crippen LogP contribution >= 0.6 is 0 Å². The van der Waals surface area contributed by atoms with Crippen molar-refractivity contribution in [1.82, 2.24) is 0 Å². The van der Waals surface area contributed by atoms with Gasteiger partial charge in [-0.2, -0.15) is 0 Å². The summed E-state index contributed by atoms with van der Waals surface area (Å²) in [5.41, 5.74) is 6.65. The summed E-state index contributed by atoms with van der Waals surface area (Å²) in [5.74, 6) is 1.22. The Morgan fingerprint density at radius 1 is 1.65 bits per heavy atom. The summed E-state index contributed by atoms with van der Waals surface area (Å²) in [4.78, 5) is 12.3. The maximum atomic E-state index is 10.8. The van der Waals surface area contributed by atoms with E-state index in [0.29, 0.717) is 17.4 Å². The summed E-state index contributed by atoms with van der Waals surface area (Å²) in [6.45, 7) is 3.05. The van der Waals surface area contributed by atoms with E-state index >= 15 is 0 Å². The number of hydrogen-bond donors (Lipinski definition) is 2. The fourth-order valence-electron chi connectivity index (χ4n) is 2.33. The maximum Gasteiger partial charge on any atom is 0.270 e. The highest BCUT2D eigenvalue weighted by Gasteiger charge is 2.33. The third kappa shape index (κ3) is 2.81. The van der Waals surface area contributed by atoms with Crippen molar-refractivity contribution >= 4 is 17.2 Å². The normalized spacial score (nSPS) is 21.6. The topological polar surface area (TPSA) is 105 Å². The number of nitro groups is 1. The Balaban J connectivity index is 2.33. The van der Waals surface area contributed by atoms with Crippen LogP contribution in [0.1, 0.15) is 18.9 Å². The number of rotatable bonds is 5. The van der Waals surface area contributed by atoms with E-state index in [9.17, 15) is 10.1 Å². The molecule has 1 aliphatic carbocycles. The number of amidine groups is 1. The van der Waals surface area contributed by atoms with Crippen LogP contribution in [0.15, 0.2) is 23.4 Å². The van der Waals surface area contributed by atoms with Crippen LogP contribution in [-0.2, 0) is 0 Å². The highest BCUT2D eigenvalue weighted by atomic mass is 16.6. The van der Waals surface area contributed by atoms with E-state index in [4.69, 9.17) is 10.9 Å². The first kappa shape index (κ1) is 14.1. The van der Waals surface area contributed by atoms with Crippen LogP contribution in [0.4, 0.5) is 11.4 Å². The van der Waals surface area contributed by atoms with Gasteiger partial charge in [0.1, 0.15) is 0 Å². The van der Waals surface area contributed by atoms with E-state index in [1.807, 2.05) is 11.9 Å². The van der Waals surface area contributed by atoms with E-state index in [0.717, 1.165) is 12.2 Å². The second-order valence-electron chi connectivity index (χ2n) is 5.30. The molecule has 2 atom stereocenters. The Morgan fingerprint density at radius 2 is 2.30 bits per heavy atom. The van der Waals surface area contributed by atoms with Gasteiger partial charge in [-0.1, -0.05) is 12.1 Å². The zero-order chi connectivity index (χ0) is 14.9. The lowest BCUT2D eigenvalue weighted by Crippen LogP contribution is -2.25. The third-order valence-corrected chi connectivity index (χ3v) is 3.77. The number of nitrogens with zero attached hydrogens (tertiary/aromatic N) is 3. The summed E-state index contributed by atoms with van der Waals surface area (Å²) >= 11 is 0. The van der Waals surface area contributed by atoms with Crippen molar-refractivity contribution in [2.75, 3.05) is 18.5 Å². The van der Waals surface area contributed by atoms with Crippen LogP contribution in [0.25, 0.3) is 0 Å². The number of anilines is 1. The zero-order valence-corrected chi connectivity index (χ0v) is 11.5. The van der Waals surface area contributed by atoms with Gasteiger partial charge in [-0.15, -0.1) is 0 Å². The molecule has 0 aliphatic heterocycles. The van der Waals surface area contributed by atoms with Gasteiger partial charge in [-0.25, -0.2) is 0 Å². The molecule has 2 rings (SSSR count). The van der Waals surface area contributed by atoms with Gasteiger partial charge in [-0.3, -0.25) is 10.1 Å². The Hall–Kier alpha value is -2.31. The molecule has 0 saturated heterocycles. The second kappa shape index (κ2) is 5.36. The highest BCUT2D eigenvalue weighted by Crippen LogP contribution is 2.39. The monoisotopic (exact) mass is 278 g/mol. The smallest absolute Gasteiger partial charge is 0.270 e. The molecule has 1 aliphatic rings. The van der Waals surface area contributed by atoms with Gasteiger partial charge in [0.2, 0.25) is 0 Å². The molecular weight excluding hydrogens is 260 g/mol. The van der Waals surface area contributed by atoms with Crippen molar-refractivity contribution in [3.63, 3.8) is 0 Å². The molecule has 0 heterocycles. The summed E-state index contributed by atoms with van der Waals surface area (Å²) in [5, 5.41) is 22.6. The molecule has 1 aromatic rings. The van der Waals surface area contributed by atoms with Gasteiger partial charge in [0.25, 0.3) is 5.69 Å². The molecule has 7 nitrogen and oxygen atoms in total. The van der Waals surface area contributed by atoms with Crippen LogP contribution in [0.5, 0.6) is 0 Å². The van der Waals surface area contributed by atoms with Gasteiger partial charge in [0.15, 0.2) is 5.84 Å². The third-order valence-electron chi connectivity index (χ3n) is 3.77. The summed E-state index contributed by atoms with van der Waals surface area (Å²) in [6, 6.07) is 4.39. The van der Waals surface area contributed by atoms with E-state index in [-0.39, 0.29) is 11.5 Å². The predicted octanol–water partition coefficient (Wildman–Crippen LogP) is 1.78. The molecule has 0 spiro atoms. The van der Waals surface area contributed by atoms with Crippen LogP contribution in [0, 0.1) is 22.0 Å². The molecule has 1 fully saturated rings. The highest BCUT2D eigenvalue weighted by molar-refractivity contribution is 6.02. The molecule has 0 amide bonds. The van der Waals surface area contributed by atoms with E-state index in [2.05, 4.69) is 12.1 Å². The van der Waals surface area contributed by atoms with Crippen LogP contribution < -0.4 is 10.6 Å². The molecule has 0 bridgehead atoms. The summed E-state index contributed by atoms with van der Waals surface area (Å²) < 4.78 is 0. The van der Waals surface area contributed by atoms with E-state index < -0.39 is 4.92 Å². The number of non-ortho nitro benzene ring substituents is 1. The molecule has 1 aromatic carbocycles. The molecular formula is C13H18N4O3. The molecule has 108 valence electrons. The summed E-state index contributed by atoms with van der Waals surface area (Å²) in [6.07, 6.45) is 1.19. The molecule has 0 radical (unpaired) electrons. The van der Waals surface area contributed by atoms with Gasteiger partial charge in [0, 0.05) is 31.4 Å². The lowest BCUT2D eigenvalue weighted by Gasteiger charge is -2.22. The minimum atomic E-state index is -0.499. The maximum absolute atomic E-state index is 10.8. The quantitative estimate of drug-likeness (QED) is 0.281. The first-order chi connectivity index (χ1) is 9.43. The summed E-state index contributed by atoms with van der Waals surface area (Å²) in [7, 11) is 1.90. The first-order valence-electron chi connectivity index (χ1n) is 6.41. The van der Waals surface area contributed by atoms with Crippen molar-refractivity contribution in [2.45, 2.75) is 13.3 Å². The zero-order valence-electron chi connectivity index (χ0n) is 11.5. The second-order valence-corrected chi connectivity index (χ2v) is 5.30.